The van der Waals surface area contributed by atoms with Crippen LogP contribution in [0.3, 0.4) is 0 Å². The number of rotatable bonds is 30. The van der Waals surface area contributed by atoms with Gasteiger partial charge < -0.3 is 9.80 Å². The van der Waals surface area contributed by atoms with Gasteiger partial charge in [-0.25, -0.2) is 0 Å². The van der Waals surface area contributed by atoms with Crippen LogP contribution < -0.4 is 0 Å². The Morgan fingerprint density at radius 1 is 0.368 bits per heavy atom. The summed E-state index contributed by atoms with van der Waals surface area (Å²) in [5.74, 6) is 0. The van der Waals surface area contributed by atoms with E-state index >= 15 is 0 Å². The molecule has 0 aromatic rings. The number of nitrogens with zero attached hydrogens (tertiary/aromatic N) is 2. The summed E-state index contributed by atoms with van der Waals surface area (Å²) >= 11 is 0. The van der Waals surface area contributed by atoms with Gasteiger partial charge in [-0.3, -0.25) is 0 Å². The lowest BCUT2D eigenvalue weighted by Crippen LogP contribution is -2.38. The Morgan fingerprint density at radius 3 is 1.05 bits per heavy atom. The van der Waals surface area contributed by atoms with Crippen molar-refractivity contribution in [1.82, 2.24) is 9.80 Å². The van der Waals surface area contributed by atoms with Crippen molar-refractivity contribution < 1.29 is 0 Å². The molecule has 38 heavy (non-hydrogen) atoms. The first-order chi connectivity index (χ1) is 18.8. The van der Waals surface area contributed by atoms with Crippen LogP contribution in [0.15, 0.2) is 12.4 Å². The lowest BCUT2D eigenvalue weighted by molar-refractivity contribution is 0.142. The zero-order valence-electron chi connectivity index (χ0n) is 26.8. The fourth-order valence-corrected chi connectivity index (χ4v) is 6.27. The third-order valence-electron chi connectivity index (χ3n) is 8.92. The van der Waals surface area contributed by atoms with Gasteiger partial charge >= 0.3 is 0 Å². The predicted octanol–water partition coefficient (Wildman–Crippen LogP) is 12.4. The number of hydrogen-bond donors (Lipinski definition) is 0. The third kappa shape index (κ3) is 20.3. The highest BCUT2D eigenvalue weighted by Crippen LogP contribution is 2.23. The Labute approximate surface area is 241 Å². The topological polar surface area (TPSA) is 6.48 Å². The first-order valence-corrected chi connectivity index (χ1v) is 18.0. The monoisotopic (exact) mass is 533 g/mol. The molecule has 1 aliphatic heterocycles. The maximum absolute atomic E-state index is 2.65. The summed E-state index contributed by atoms with van der Waals surface area (Å²) in [5.41, 5.74) is 0. The third-order valence-corrected chi connectivity index (χ3v) is 8.92. The largest absolute Gasteiger partial charge is 0.356 e. The molecular weight excluding hydrogens is 460 g/mol. The molecule has 1 atom stereocenters. The van der Waals surface area contributed by atoms with Crippen molar-refractivity contribution in [2.24, 2.45) is 0 Å². The molecule has 0 saturated carbocycles. The van der Waals surface area contributed by atoms with Crippen molar-refractivity contribution in [2.45, 2.75) is 207 Å². The smallest absolute Gasteiger partial charge is 0.101 e. The van der Waals surface area contributed by atoms with E-state index in [9.17, 15) is 0 Å². The molecule has 0 N–H and O–H groups in total. The van der Waals surface area contributed by atoms with Crippen LogP contribution in [-0.4, -0.2) is 29.1 Å². The molecule has 0 aliphatic carbocycles. The molecule has 0 aromatic heterocycles. The van der Waals surface area contributed by atoms with Crippen LogP contribution in [0.1, 0.15) is 201 Å². The van der Waals surface area contributed by atoms with E-state index in [1.54, 1.807) is 0 Å². The van der Waals surface area contributed by atoms with E-state index in [-0.39, 0.29) is 0 Å². The molecular formula is C36H72N2. The SMILES string of the molecule is CCCCCCCCCCCCCCCCCCCC1N(CC)C=CN1CCCCCCCCCCCC. The summed E-state index contributed by atoms with van der Waals surface area (Å²) in [7, 11) is 0. The van der Waals surface area contributed by atoms with Gasteiger partial charge in [0.25, 0.3) is 0 Å². The molecule has 0 bridgehead atoms. The Bertz CT molecular complexity index is 488. The highest BCUT2D eigenvalue weighted by Gasteiger charge is 2.23. The standard InChI is InChI=1S/C36H72N2/c1-4-7-9-11-13-15-17-18-19-20-21-22-23-24-26-28-30-32-36-37(6-3)34-35-38(36)33-31-29-27-25-16-14-12-10-8-5-2/h34-36H,4-33H2,1-3H3. The van der Waals surface area contributed by atoms with Crippen LogP contribution in [0.25, 0.3) is 0 Å². The van der Waals surface area contributed by atoms with Gasteiger partial charge in [0.05, 0.1) is 0 Å². The highest BCUT2D eigenvalue weighted by molar-refractivity contribution is 4.96. The van der Waals surface area contributed by atoms with Crippen LogP contribution in [0.2, 0.25) is 0 Å². The average Bonchev–Trinajstić information content (AvgIpc) is 3.33. The van der Waals surface area contributed by atoms with Gasteiger partial charge in [-0.2, -0.15) is 0 Å². The molecule has 0 radical (unpaired) electrons. The lowest BCUT2D eigenvalue weighted by Gasteiger charge is -2.32. The Morgan fingerprint density at radius 2 is 0.684 bits per heavy atom. The molecule has 2 nitrogen and oxygen atoms in total. The van der Waals surface area contributed by atoms with Gasteiger partial charge in [0.1, 0.15) is 6.17 Å². The maximum atomic E-state index is 2.65. The van der Waals surface area contributed by atoms with E-state index < -0.39 is 0 Å². The van der Waals surface area contributed by atoms with Gasteiger partial charge in [-0.1, -0.05) is 174 Å². The fraction of sp³-hybridized carbons (Fsp3) is 0.944. The van der Waals surface area contributed by atoms with Gasteiger partial charge in [0, 0.05) is 25.5 Å². The summed E-state index contributed by atoms with van der Waals surface area (Å²) < 4.78 is 0. The second kappa shape index (κ2) is 27.9. The molecule has 1 unspecified atom stereocenters. The molecule has 2 heteroatoms. The predicted molar refractivity (Wildman–Crippen MR) is 173 cm³/mol. The number of unbranched alkanes of at least 4 members (excludes halogenated alkanes) is 25. The minimum atomic E-state index is 0.634. The molecule has 226 valence electrons. The first kappa shape index (κ1) is 35.4. The minimum Gasteiger partial charge on any atom is -0.356 e. The number of hydrogen-bond acceptors (Lipinski definition) is 2. The zero-order chi connectivity index (χ0) is 27.4. The van der Waals surface area contributed by atoms with Crippen molar-refractivity contribution in [3.05, 3.63) is 12.4 Å². The summed E-state index contributed by atoms with van der Waals surface area (Å²) in [6, 6.07) is 0. The van der Waals surface area contributed by atoms with Gasteiger partial charge in [-0.05, 0) is 26.2 Å². The minimum absolute atomic E-state index is 0.634. The molecule has 1 rings (SSSR count). The molecule has 0 aromatic carbocycles. The van der Waals surface area contributed by atoms with Crippen molar-refractivity contribution in [2.75, 3.05) is 13.1 Å². The maximum Gasteiger partial charge on any atom is 0.101 e. The van der Waals surface area contributed by atoms with E-state index in [1.807, 2.05) is 0 Å². The average molecular weight is 533 g/mol. The molecule has 1 aliphatic rings. The van der Waals surface area contributed by atoms with Crippen molar-refractivity contribution in [3.8, 4) is 0 Å². The summed E-state index contributed by atoms with van der Waals surface area (Å²) in [5, 5.41) is 0. The molecule has 0 fully saturated rings. The highest BCUT2D eigenvalue weighted by atomic mass is 15.4. The van der Waals surface area contributed by atoms with Crippen molar-refractivity contribution >= 4 is 0 Å². The van der Waals surface area contributed by atoms with Crippen molar-refractivity contribution in [1.29, 1.82) is 0 Å². The van der Waals surface area contributed by atoms with E-state index in [1.165, 1.54) is 186 Å². The van der Waals surface area contributed by atoms with Crippen molar-refractivity contribution in [3.63, 3.8) is 0 Å². The first-order valence-electron chi connectivity index (χ1n) is 18.0. The van der Waals surface area contributed by atoms with E-state index in [2.05, 4.69) is 43.0 Å². The van der Waals surface area contributed by atoms with Crippen LogP contribution in [0.4, 0.5) is 0 Å². The lowest BCUT2D eigenvalue weighted by atomic mass is 10.0. The second-order valence-electron chi connectivity index (χ2n) is 12.5. The normalized spacial score (nSPS) is 15.3. The summed E-state index contributed by atoms with van der Waals surface area (Å²) in [6.07, 6.45) is 45.8. The Kier molecular flexibility index (Phi) is 26.0. The summed E-state index contributed by atoms with van der Waals surface area (Å²) in [4.78, 5) is 5.23. The van der Waals surface area contributed by atoms with Crippen LogP contribution in [0.5, 0.6) is 0 Å². The Balaban J connectivity index is 1.92. The van der Waals surface area contributed by atoms with E-state index in [4.69, 9.17) is 0 Å². The Hall–Kier alpha value is -0.660. The summed E-state index contributed by atoms with van der Waals surface area (Å²) in [6.45, 7) is 9.33. The quantitative estimate of drug-likeness (QED) is 0.0848. The fourth-order valence-electron chi connectivity index (χ4n) is 6.27. The molecule has 0 saturated heterocycles. The van der Waals surface area contributed by atoms with Gasteiger partial charge in [0.2, 0.25) is 0 Å². The van der Waals surface area contributed by atoms with E-state index in [0.29, 0.717) is 6.17 Å². The van der Waals surface area contributed by atoms with Gasteiger partial charge in [-0.15, -0.1) is 0 Å². The van der Waals surface area contributed by atoms with E-state index in [0.717, 1.165) is 6.54 Å². The molecule has 0 spiro atoms. The zero-order valence-corrected chi connectivity index (χ0v) is 26.8. The van der Waals surface area contributed by atoms with Crippen LogP contribution >= 0.6 is 0 Å². The van der Waals surface area contributed by atoms with Gasteiger partial charge in [0.15, 0.2) is 0 Å². The van der Waals surface area contributed by atoms with Crippen LogP contribution in [-0.2, 0) is 0 Å². The second-order valence-corrected chi connectivity index (χ2v) is 12.5. The van der Waals surface area contributed by atoms with Crippen LogP contribution in [0, 0.1) is 0 Å². The molecule has 0 amide bonds. The molecule has 1 heterocycles.